The number of hydrogen-bond acceptors (Lipinski definition) is 8. The first-order chi connectivity index (χ1) is 13.0. The third-order valence-electron chi connectivity index (χ3n) is 3.32. The van der Waals surface area contributed by atoms with Crippen LogP contribution in [0.5, 0.6) is 5.75 Å². The Morgan fingerprint density at radius 2 is 1.89 bits per heavy atom. The number of carbonyl (C=O) groups is 2. The summed E-state index contributed by atoms with van der Waals surface area (Å²) in [7, 11) is 1.67. The molecule has 0 aliphatic rings. The van der Waals surface area contributed by atoms with E-state index in [0.717, 1.165) is 0 Å². The van der Waals surface area contributed by atoms with E-state index in [0.29, 0.717) is 35.8 Å². The van der Waals surface area contributed by atoms with Crippen LogP contribution >= 0.6 is 0 Å². The van der Waals surface area contributed by atoms with Crippen LogP contribution < -0.4 is 21.1 Å². The van der Waals surface area contributed by atoms with Crippen molar-refractivity contribution in [1.29, 1.82) is 0 Å². The van der Waals surface area contributed by atoms with Gasteiger partial charge in [-0.3, -0.25) is 9.59 Å². The summed E-state index contributed by atoms with van der Waals surface area (Å²) in [6.07, 6.45) is 1.02. The SMILES string of the molecule is CCCC(=O)Oc1ccccc1/N=N/c1ccc(NC(=O)CNC)nc1N. The molecule has 0 spiro atoms. The molecule has 1 aromatic heterocycles. The van der Waals surface area contributed by atoms with E-state index in [4.69, 9.17) is 10.5 Å². The number of nitrogen functional groups attached to an aromatic ring is 1. The molecule has 2 aromatic rings. The van der Waals surface area contributed by atoms with E-state index in [-0.39, 0.29) is 24.2 Å². The van der Waals surface area contributed by atoms with Crippen LogP contribution in [0.4, 0.5) is 23.0 Å². The van der Waals surface area contributed by atoms with E-state index in [2.05, 4.69) is 25.8 Å². The van der Waals surface area contributed by atoms with Crippen molar-refractivity contribution in [3.8, 4) is 5.75 Å². The van der Waals surface area contributed by atoms with Gasteiger partial charge in [0.05, 0.1) is 6.54 Å². The fourth-order valence-corrected chi connectivity index (χ4v) is 2.08. The number of likely N-dealkylation sites (N-methyl/N-ethyl adjacent to an activating group) is 1. The number of para-hydroxylation sites is 1. The van der Waals surface area contributed by atoms with Crippen LogP contribution in [0.3, 0.4) is 0 Å². The van der Waals surface area contributed by atoms with Gasteiger partial charge in [-0.15, -0.1) is 10.2 Å². The smallest absolute Gasteiger partial charge is 0.311 e. The summed E-state index contributed by atoms with van der Waals surface area (Å²) in [5, 5.41) is 13.5. The van der Waals surface area contributed by atoms with Crippen LogP contribution in [0.1, 0.15) is 19.8 Å². The van der Waals surface area contributed by atoms with E-state index >= 15 is 0 Å². The second kappa shape index (κ2) is 9.97. The minimum atomic E-state index is -0.331. The number of hydrogen-bond donors (Lipinski definition) is 3. The van der Waals surface area contributed by atoms with E-state index in [1.165, 1.54) is 0 Å². The number of nitrogens with zero attached hydrogens (tertiary/aromatic N) is 3. The monoisotopic (exact) mass is 370 g/mol. The first-order valence-corrected chi connectivity index (χ1v) is 8.46. The van der Waals surface area contributed by atoms with Crippen molar-refractivity contribution in [3.63, 3.8) is 0 Å². The van der Waals surface area contributed by atoms with Crippen molar-refractivity contribution in [2.75, 3.05) is 24.6 Å². The summed E-state index contributed by atoms with van der Waals surface area (Å²) in [6, 6.07) is 9.98. The van der Waals surface area contributed by atoms with E-state index in [9.17, 15) is 9.59 Å². The molecule has 27 heavy (non-hydrogen) atoms. The quantitative estimate of drug-likeness (QED) is 0.372. The number of esters is 1. The number of amides is 1. The summed E-state index contributed by atoms with van der Waals surface area (Å²) in [5.74, 6) is 0.189. The Balaban J connectivity index is 2.14. The average molecular weight is 370 g/mol. The summed E-state index contributed by atoms with van der Waals surface area (Å²) in [5.41, 5.74) is 6.60. The number of anilines is 2. The van der Waals surface area contributed by atoms with Crippen molar-refractivity contribution < 1.29 is 14.3 Å². The molecule has 4 N–H and O–H groups in total. The third kappa shape index (κ3) is 6.15. The molecule has 1 amide bonds. The van der Waals surface area contributed by atoms with E-state index in [1.807, 2.05) is 6.92 Å². The number of ether oxygens (including phenoxy) is 1. The maximum Gasteiger partial charge on any atom is 0.311 e. The average Bonchev–Trinajstić information content (AvgIpc) is 2.62. The standard InChI is InChI=1S/C18H22N6O3/c1-3-6-17(26)27-14-8-5-4-7-12(14)23-24-13-9-10-15(22-18(13)19)21-16(25)11-20-2/h4-5,7-10,20H,3,6,11H2,1-2H3,(H3,19,21,22,25)/b24-23+. The van der Waals surface area contributed by atoms with Crippen LogP contribution in [-0.2, 0) is 9.59 Å². The lowest BCUT2D eigenvalue weighted by atomic mass is 10.3. The van der Waals surface area contributed by atoms with Gasteiger partial charge in [-0.2, -0.15) is 0 Å². The van der Waals surface area contributed by atoms with Crippen LogP contribution in [-0.4, -0.2) is 30.5 Å². The van der Waals surface area contributed by atoms with Gasteiger partial charge in [0.2, 0.25) is 5.91 Å². The number of nitrogens with two attached hydrogens (primary N) is 1. The summed E-state index contributed by atoms with van der Waals surface area (Å²) in [4.78, 5) is 27.3. The first kappa shape index (κ1) is 20.0. The van der Waals surface area contributed by atoms with Gasteiger partial charge in [0.1, 0.15) is 17.2 Å². The Labute approximate surface area is 157 Å². The first-order valence-electron chi connectivity index (χ1n) is 8.46. The minimum Gasteiger partial charge on any atom is -0.424 e. The summed E-state index contributed by atoms with van der Waals surface area (Å²) in [6.45, 7) is 2.06. The Morgan fingerprint density at radius 1 is 1.15 bits per heavy atom. The highest BCUT2D eigenvalue weighted by Gasteiger charge is 2.09. The summed E-state index contributed by atoms with van der Waals surface area (Å²) >= 11 is 0. The molecule has 0 unspecified atom stereocenters. The molecule has 142 valence electrons. The van der Waals surface area contributed by atoms with Gasteiger partial charge in [0.25, 0.3) is 0 Å². The fraction of sp³-hybridized carbons (Fsp3) is 0.278. The Bertz CT molecular complexity index is 838. The van der Waals surface area contributed by atoms with Gasteiger partial charge >= 0.3 is 5.97 Å². The maximum atomic E-state index is 11.7. The molecule has 0 fully saturated rings. The molecule has 0 aliphatic heterocycles. The second-order valence-corrected chi connectivity index (χ2v) is 5.57. The topological polar surface area (TPSA) is 131 Å². The zero-order valence-corrected chi connectivity index (χ0v) is 15.2. The number of carbonyl (C=O) groups excluding carboxylic acids is 2. The van der Waals surface area contributed by atoms with Gasteiger partial charge in [-0.1, -0.05) is 19.1 Å². The predicted octanol–water partition coefficient (Wildman–Crippen LogP) is 2.94. The zero-order chi connectivity index (χ0) is 19.6. The largest absolute Gasteiger partial charge is 0.424 e. The van der Waals surface area contributed by atoms with Crippen LogP contribution in [0.25, 0.3) is 0 Å². The van der Waals surface area contributed by atoms with Crippen molar-refractivity contribution in [2.45, 2.75) is 19.8 Å². The lowest BCUT2D eigenvalue weighted by Crippen LogP contribution is -2.25. The van der Waals surface area contributed by atoms with E-state index < -0.39 is 0 Å². The molecule has 1 heterocycles. The lowest BCUT2D eigenvalue weighted by molar-refractivity contribution is -0.134. The molecular weight excluding hydrogens is 348 g/mol. The van der Waals surface area contributed by atoms with Crippen molar-refractivity contribution in [2.24, 2.45) is 10.2 Å². The molecule has 2 rings (SSSR count). The predicted molar refractivity (Wildman–Crippen MR) is 102 cm³/mol. The molecule has 0 atom stereocenters. The Kier molecular flexibility index (Phi) is 7.38. The molecule has 9 heteroatoms. The van der Waals surface area contributed by atoms with Crippen LogP contribution in [0.2, 0.25) is 0 Å². The zero-order valence-electron chi connectivity index (χ0n) is 15.2. The number of azo groups is 1. The highest BCUT2D eigenvalue weighted by Crippen LogP contribution is 2.30. The number of pyridine rings is 1. The molecular formula is C18H22N6O3. The minimum absolute atomic E-state index is 0.112. The number of rotatable bonds is 8. The lowest BCUT2D eigenvalue weighted by Gasteiger charge is -2.07. The normalized spacial score (nSPS) is 10.7. The third-order valence-corrected chi connectivity index (χ3v) is 3.32. The molecule has 0 saturated heterocycles. The van der Waals surface area contributed by atoms with E-state index in [1.54, 1.807) is 43.4 Å². The molecule has 0 aliphatic carbocycles. The maximum absolute atomic E-state index is 11.7. The number of benzene rings is 1. The summed E-state index contributed by atoms with van der Waals surface area (Å²) < 4.78 is 5.30. The second-order valence-electron chi connectivity index (χ2n) is 5.57. The molecule has 0 radical (unpaired) electrons. The van der Waals surface area contributed by atoms with Crippen LogP contribution in [0.15, 0.2) is 46.6 Å². The van der Waals surface area contributed by atoms with Crippen molar-refractivity contribution >= 4 is 34.9 Å². The molecule has 9 nitrogen and oxygen atoms in total. The van der Waals surface area contributed by atoms with Gasteiger partial charge in [-0.25, -0.2) is 4.98 Å². The van der Waals surface area contributed by atoms with Crippen LogP contribution in [0, 0.1) is 0 Å². The van der Waals surface area contributed by atoms with Gasteiger partial charge < -0.3 is 21.1 Å². The van der Waals surface area contributed by atoms with Gasteiger partial charge in [0.15, 0.2) is 11.6 Å². The fourth-order valence-electron chi connectivity index (χ4n) is 2.08. The van der Waals surface area contributed by atoms with Gasteiger partial charge in [0, 0.05) is 6.42 Å². The number of nitrogens with one attached hydrogen (secondary N) is 2. The van der Waals surface area contributed by atoms with Crippen molar-refractivity contribution in [3.05, 3.63) is 36.4 Å². The molecule has 1 aromatic carbocycles. The highest BCUT2D eigenvalue weighted by molar-refractivity contribution is 5.91. The Morgan fingerprint density at radius 3 is 2.59 bits per heavy atom. The van der Waals surface area contributed by atoms with Crippen molar-refractivity contribution in [1.82, 2.24) is 10.3 Å². The molecule has 0 bridgehead atoms. The highest BCUT2D eigenvalue weighted by atomic mass is 16.5. The van der Waals surface area contributed by atoms with Gasteiger partial charge in [-0.05, 0) is 37.7 Å². The number of aromatic nitrogens is 1. The Hall–Kier alpha value is -3.33. The molecule has 0 saturated carbocycles.